The molecule has 1 aliphatic carbocycles. The van der Waals surface area contributed by atoms with Crippen molar-refractivity contribution >= 4 is 11.8 Å². The molecule has 4 nitrogen and oxygen atoms in total. The zero-order valence-corrected chi connectivity index (χ0v) is 11.7. The van der Waals surface area contributed by atoms with Crippen molar-refractivity contribution in [3.05, 3.63) is 12.0 Å². The summed E-state index contributed by atoms with van der Waals surface area (Å²) in [6.45, 7) is 5.14. The van der Waals surface area contributed by atoms with Gasteiger partial charge in [0, 0.05) is 12.6 Å². The van der Waals surface area contributed by atoms with Crippen LogP contribution in [0.3, 0.4) is 0 Å². The van der Waals surface area contributed by atoms with Gasteiger partial charge in [-0.25, -0.2) is 9.37 Å². The van der Waals surface area contributed by atoms with Crippen molar-refractivity contribution in [3.63, 3.8) is 0 Å². The molecule has 106 valence electrons. The van der Waals surface area contributed by atoms with E-state index in [2.05, 4.69) is 34.4 Å². The molecule has 2 N–H and O–H groups in total. The molecular weight excluding hydrogens is 243 g/mol. The van der Waals surface area contributed by atoms with Crippen LogP contribution >= 0.6 is 0 Å². The molecule has 19 heavy (non-hydrogen) atoms. The maximum Gasteiger partial charge on any atom is 0.224 e. The van der Waals surface area contributed by atoms with E-state index in [9.17, 15) is 4.39 Å². The Morgan fingerprint density at radius 2 is 2.05 bits per heavy atom. The lowest BCUT2D eigenvalue weighted by Gasteiger charge is -2.27. The van der Waals surface area contributed by atoms with Gasteiger partial charge in [0.15, 0.2) is 11.6 Å². The highest BCUT2D eigenvalue weighted by atomic mass is 19.1. The SMILES string of the molecule is CCCNc1ncc(F)c(NC2CCC(C)CC2)n1. The van der Waals surface area contributed by atoms with Crippen LogP contribution in [0.25, 0.3) is 0 Å². The summed E-state index contributed by atoms with van der Waals surface area (Å²) in [7, 11) is 0. The molecule has 1 heterocycles. The van der Waals surface area contributed by atoms with Gasteiger partial charge in [-0.2, -0.15) is 4.98 Å². The Labute approximate surface area is 114 Å². The first-order valence-corrected chi connectivity index (χ1v) is 7.22. The predicted octanol–water partition coefficient (Wildman–Crippen LogP) is 3.43. The highest BCUT2D eigenvalue weighted by Crippen LogP contribution is 2.26. The second-order valence-corrected chi connectivity index (χ2v) is 5.42. The molecule has 0 atom stereocenters. The molecule has 0 amide bonds. The van der Waals surface area contributed by atoms with Crippen molar-refractivity contribution in [3.8, 4) is 0 Å². The van der Waals surface area contributed by atoms with Gasteiger partial charge in [0.25, 0.3) is 0 Å². The van der Waals surface area contributed by atoms with Crippen molar-refractivity contribution in [1.82, 2.24) is 9.97 Å². The molecule has 2 rings (SSSR count). The Morgan fingerprint density at radius 1 is 1.32 bits per heavy atom. The first-order valence-electron chi connectivity index (χ1n) is 7.22. The summed E-state index contributed by atoms with van der Waals surface area (Å²) in [5.41, 5.74) is 0. The van der Waals surface area contributed by atoms with Crippen LogP contribution < -0.4 is 10.6 Å². The fourth-order valence-corrected chi connectivity index (χ4v) is 2.39. The number of halogens is 1. The van der Waals surface area contributed by atoms with Crippen LogP contribution in [0.2, 0.25) is 0 Å². The normalized spacial score (nSPS) is 23.1. The second-order valence-electron chi connectivity index (χ2n) is 5.42. The van der Waals surface area contributed by atoms with Crippen LogP contribution in [0.15, 0.2) is 6.20 Å². The van der Waals surface area contributed by atoms with E-state index in [-0.39, 0.29) is 5.82 Å². The number of hydrogen-bond donors (Lipinski definition) is 2. The van der Waals surface area contributed by atoms with Gasteiger partial charge in [-0.1, -0.05) is 13.8 Å². The molecule has 0 saturated heterocycles. The Morgan fingerprint density at radius 3 is 2.74 bits per heavy atom. The number of hydrogen-bond acceptors (Lipinski definition) is 4. The minimum atomic E-state index is -0.374. The molecule has 0 bridgehead atoms. The van der Waals surface area contributed by atoms with E-state index in [0.717, 1.165) is 31.7 Å². The van der Waals surface area contributed by atoms with Crippen LogP contribution in [0.5, 0.6) is 0 Å². The Kier molecular flexibility index (Phi) is 4.93. The van der Waals surface area contributed by atoms with E-state index in [0.29, 0.717) is 17.8 Å². The van der Waals surface area contributed by atoms with Gasteiger partial charge >= 0.3 is 0 Å². The Balaban J connectivity index is 1.98. The third kappa shape index (κ3) is 4.04. The number of nitrogens with one attached hydrogen (secondary N) is 2. The summed E-state index contributed by atoms with van der Waals surface area (Å²) in [4.78, 5) is 8.16. The first kappa shape index (κ1) is 14.0. The standard InChI is InChI=1S/C14H23FN4/c1-3-8-16-14-17-9-12(15)13(19-14)18-11-6-4-10(2)5-7-11/h9-11H,3-8H2,1-2H3,(H2,16,17,18,19). The largest absolute Gasteiger partial charge is 0.365 e. The molecule has 1 saturated carbocycles. The summed E-state index contributed by atoms with van der Waals surface area (Å²) in [5.74, 6) is 1.24. The van der Waals surface area contributed by atoms with E-state index in [1.54, 1.807) is 0 Å². The van der Waals surface area contributed by atoms with E-state index in [4.69, 9.17) is 0 Å². The number of aromatic nitrogens is 2. The van der Waals surface area contributed by atoms with Gasteiger partial charge in [-0.3, -0.25) is 0 Å². The third-order valence-corrected chi connectivity index (χ3v) is 3.63. The van der Waals surface area contributed by atoms with Crippen molar-refractivity contribution in [2.75, 3.05) is 17.2 Å². The average molecular weight is 266 g/mol. The smallest absolute Gasteiger partial charge is 0.224 e. The highest BCUT2D eigenvalue weighted by molar-refractivity contribution is 5.41. The summed E-state index contributed by atoms with van der Waals surface area (Å²) >= 11 is 0. The van der Waals surface area contributed by atoms with Crippen molar-refractivity contribution in [1.29, 1.82) is 0 Å². The van der Waals surface area contributed by atoms with Gasteiger partial charge in [-0.05, 0) is 38.0 Å². The van der Waals surface area contributed by atoms with Crippen LogP contribution in [0.4, 0.5) is 16.2 Å². The molecule has 0 aliphatic heterocycles. The highest BCUT2D eigenvalue weighted by Gasteiger charge is 2.19. The molecule has 1 fully saturated rings. The topological polar surface area (TPSA) is 49.8 Å². The van der Waals surface area contributed by atoms with Crippen LogP contribution in [0, 0.1) is 11.7 Å². The lowest BCUT2D eigenvalue weighted by Crippen LogP contribution is -2.26. The number of nitrogens with zero attached hydrogens (tertiary/aromatic N) is 2. The fourth-order valence-electron chi connectivity index (χ4n) is 2.39. The number of anilines is 2. The predicted molar refractivity (Wildman–Crippen MR) is 75.8 cm³/mol. The maximum atomic E-state index is 13.7. The first-order chi connectivity index (χ1) is 9.19. The quantitative estimate of drug-likeness (QED) is 0.857. The number of rotatable bonds is 5. The summed E-state index contributed by atoms with van der Waals surface area (Å²) in [6, 6.07) is 0.333. The Hall–Kier alpha value is -1.39. The van der Waals surface area contributed by atoms with Crippen LogP contribution in [0.1, 0.15) is 46.0 Å². The van der Waals surface area contributed by atoms with E-state index >= 15 is 0 Å². The minimum absolute atomic E-state index is 0.327. The van der Waals surface area contributed by atoms with Crippen LogP contribution in [-0.2, 0) is 0 Å². The van der Waals surface area contributed by atoms with Gasteiger partial charge in [0.1, 0.15) is 0 Å². The molecule has 0 radical (unpaired) electrons. The zero-order valence-electron chi connectivity index (χ0n) is 11.7. The lowest BCUT2D eigenvalue weighted by atomic mass is 9.87. The van der Waals surface area contributed by atoms with Crippen molar-refractivity contribution in [2.45, 2.75) is 52.0 Å². The zero-order chi connectivity index (χ0) is 13.7. The molecule has 1 aliphatic rings. The summed E-state index contributed by atoms with van der Waals surface area (Å²) in [5, 5.41) is 6.30. The molecule has 5 heteroatoms. The molecule has 0 spiro atoms. The summed E-state index contributed by atoms with van der Waals surface area (Å²) in [6.07, 6.45) is 6.80. The molecule has 1 aromatic rings. The van der Waals surface area contributed by atoms with Gasteiger partial charge < -0.3 is 10.6 Å². The minimum Gasteiger partial charge on any atom is -0.365 e. The van der Waals surface area contributed by atoms with Gasteiger partial charge in [0.05, 0.1) is 6.20 Å². The van der Waals surface area contributed by atoms with Gasteiger partial charge in [-0.15, -0.1) is 0 Å². The second kappa shape index (κ2) is 6.68. The maximum absolute atomic E-state index is 13.7. The molecule has 0 unspecified atom stereocenters. The Bertz CT molecular complexity index is 402. The fraction of sp³-hybridized carbons (Fsp3) is 0.714. The van der Waals surface area contributed by atoms with E-state index in [1.165, 1.54) is 19.0 Å². The molecular formula is C14H23FN4. The monoisotopic (exact) mass is 266 g/mol. The van der Waals surface area contributed by atoms with Gasteiger partial charge in [0.2, 0.25) is 5.95 Å². The van der Waals surface area contributed by atoms with Crippen molar-refractivity contribution in [2.24, 2.45) is 5.92 Å². The van der Waals surface area contributed by atoms with Crippen LogP contribution in [-0.4, -0.2) is 22.6 Å². The summed E-state index contributed by atoms with van der Waals surface area (Å²) < 4.78 is 13.7. The lowest BCUT2D eigenvalue weighted by molar-refractivity contribution is 0.360. The van der Waals surface area contributed by atoms with E-state index < -0.39 is 0 Å². The third-order valence-electron chi connectivity index (χ3n) is 3.63. The van der Waals surface area contributed by atoms with Crippen molar-refractivity contribution < 1.29 is 4.39 Å². The molecule has 1 aromatic heterocycles. The van der Waals surface area contributed by atoms with E-state index in [1.807, 2.05) is 0 Å². The average Bonchev–Trinajstić information content (AvgIpc) is 2.42. The molecule has 0 aromatic carbocycles.